The van der Waals surface area contributed by atoms with Gasteiger partial charge in [0.25, 0.3) is 0 Å². The van der Waals surface area contributed by atoms with Crippen molar-refractivity contribution in [1.82, 2.24) is 9.97 Å². The molecule has 2 rings (SSSR count). The van der Waals surface area contributed by atoms with E-state index in [0.717, 1.165) is 22.6 Å². The predicted molar refractivity (Wildman–Crippen MR) is 65.3 cm³/mol. The van der Waals surface area contributed by atoms with Crippen LogP contribution in [0.25, 0.3) is 23.2 Å². The van der Waals surface area contributed by atoms with Crippen molar-refractivity contribution in [2.24, 2.45) is 0 Å². The van der Waals surface area contributed by atoms with E-state index >= 15 is 0 Å². The summed E-state index contributed by atoms with van der Waals surface area (Å²) < 4.78 is 0. The van der Waals surface area contributed by atoms with E-state index in [1.165, 1.54) is 0 Å². The molecule has 0 saturated carbocycles. The smallest absolute Gasteiger partial charge is 0.143 e. The van der Waals surface area contributed by atoms with Gasteiger partial charge in [-0.15, -0.1) is 0 Å². The second-order valence-corrected chi connectivity index (χ2v) is 3.54. The van der Waals surface area contributed by atoms with Crippen LogP contribution in [0.4, 0.5) is 0 Å². The Labute approximate surface area is 93.8 Å². The number of aromatic hydroxyl groups is 1. The number of phenols is 1. The van der Waals surface area contributed by atoms with Crippen LogP contribution in [-0.2, 0) is 0 Å². The highest BCUT2D eigenvalue weighted by atomic mass is 16.3. The monoisotopic (exact) mass is 214 g/mol. The lowest BCUT2D eigenvalue weighted by Crippen LogP contribution is -2.31. The number of phenolic OH excluding ortho intramolecular Hbond substituents is 1. The van der Waals surface area contributed by atoms with Crippen molar-refractivity contribution in [1.29, 1.82) is 0 Å². The van der Waals surface area contributed by atoms with Gasteiger partial charge in [-0.2, -0.15) is 0 Å². The molecule has 1 N–H and O–H groups in total. The molecule has 0 amide bonds. The summed E-state index contributed by atoms with van der Waals surface area (Å²) in [6, 6.07) is 5.25. The first-order chi connectivity index (χ1) is 7.76. The quantitative estimate of drug-likeness (QED) is 0.779. The van der Waals surface area contributed by atoms with Crippen LogP contribution >= 0.6 is 0 Å². The van der Waals surface area contributed by atoms with E-state index in [4.69, 9.17) is 0 Å². The van der Waals surface area contributed by atoms with Crippen molar-refractivity contribution in [3.63, 3.8) is 0 Å². The zero-order chi connectivity index (χ0) is 11.5. The molecule has 1 aromatic heterocycles. The molecule has 0 aliphatic carbocycles. The summed E-state index contributed by atoms with van der Waals surface area (Å²) in [5.41, 5.74) is 1.29. The highest BCUT2D eigenvalue weighted by molar-refractivity contribution is 5.80. The van der Waals surface area contributed by atoms with Gasteiger partial charge in [0.05, 0.1) is 16.2 Å². The van der Waals surface area contributed by atoms with Gasteiger partial charge in [-0.3, -0.25) is 0 Å². The fourth-order valence-corrected chi connectivity index (χ4v) is 1.65. The zero-order valence-corrected chi connectivity index (χ0v) is 9.44. The van der Waals surface area contributed by atoms with Crippen LogP contribution < -0.4 is 10.7 Å². The maximum Gasteiger partial charge on any atom is 0.143 e. The second-order valence-electron chi connectivity index (χ2n) is 3.54. The summed E-state index contributed by atoms with van der Waals surface area (Å²) in [6.07, 6.45) is 4.83. The number of hydrogen-bond acceptors (Lipinski definition) is 3. The molecule has 0 unspecified atom stereocenters. The third kappa shape index (κ3) is 1.76. The first-order valence-electron chi connectivity index (χ1n) is 5.38. The van der Waals surface area contributed by atoms with Crippen LogP contribution in [0, 0.1) is 0 Å². The summed E-state index contributed by atoms with van der Waals surface area (Å²) in [4.78, 5) is 8.90. The summed E-state index contributed by atoms with van der Waals surface area (Å²) >= 11 is 0. The SMILES string of the molecule is C/C=c1/nc2cccc(O)c2n/c1=C/CC. The number of aromatic nitrogens is 2. The van der Waals surface area contributed by atoms with E-state index in [1.807, 2.05) is 25.1 Å². The van der Waals surface area contributed by atoms with Crippen molar-refractivity contribution in [2.75, 3.05) is 0 Å². The molecule has 0 aliphatic rings. The number of fused-ring (bicyclic) bond motifs is 1. The molecular weight excluding hydrogens is 200 g/mol. The summed E-state index contributed by atoms with van der Waals surface area (Å²) in [5.74, 6) is 0.179. The number of nitrogens with zero attached hydrogens (tertiary/aromatic N) is 2. The summed E-state index contributed by atoms with van der Waals surface area (Å²) in [7, 11) is 0. The van der Waals surface area contributed by atoms with Gasteiger partial charge in [0.1, 0.15) is 11.3 Å². The molecule has 3 heteroatoms. The second kappa shape index (κ2) is 4.31. The standard InChI is InChI=1S/C13H14N2O/c1-3-6-10-9(4-2)14-11-7-5-8-12(16)13(11)15-10/h4-8,16H,3H2,1-2H3/b9-4+,10-6+. The normalized spacial score (nSPS) is 13.6. The maximum absolute atomic E-state index is 9.70. The van der Waals surface area contributed by atoms with Gasteiger partial charge in [-0.1, -0.05) is 25.1 Å². The fraction of sp³-hybridized carbons (Fsp3) is 0.231. The van der Waals surface area contributed by atoms with E-state index in [0.29, 0.717) is 5.52 Å². The minimum atomic E-state index is 0.179. The van der Waals surface area contributed by atoms with Crippen molar-refractivity contribution >= 4 is 23.2 Å². The van der Waals surface area contributed by atoms with Gasteiger partial charge in [-0.05, 0) is 25.5 Å². The average molecular weight is 214 g/mol. The topological polar surface area (TPSA) is 46.0 Å². The molecule has 0 aliphatic heterocycles. The molecule has 82 valence electrons. The fourth-order valence-electron chi connectivity index (χ4n) is 1.65. The first-order valence-corrected chi connectivity index (χ1v) is 5.38. The molecule has 0 atom stereocenters. The lowest BCUT2D eigenvalue weighted by Gasteiger charge is -1.99. The van der Waals surface area contributed by atoms with E-state index in [-0.39, 0.29) is 5.75 Å². The van der Waals surface area contributed by atoms with Crippen molar-refractivity contribution in [2.45, 2.75) is 20.3 Å². The van der Waals surface area contributed by atoms with Gasteiger partial charge in [0.15, 0.2) is 0 Å². The largest absolute Gasteiger partial charge is 0.506 e. The Bertz CT molecular complexity index is 632. The Hall–Kier alpha value is -1.90. The molecule has 16 heavy (non-hydrogen) atoms. The summed E-state index contributed by atoms with van der Waals surface area (Å²) in [6.45, 7) is 3.99. The third-order valence-corrected chi connectivity index (χ3v) is 2.40. The van der Waals surface area contributed by atoms with Crippen LogP contribution in [0.15, 0.2) is 18.2 Å². The minimum Gasteiger partial charge on any atom is -0.506 e. The Morgan fingerprint density at radius 2 is 2.06 bits per heavy atom. The first kappa shape index (κ1) is 10.6. The Balaban J connectivity index is 2.93. The molecular formula is C13H14N2O. The number of benzene rings is 1. The molecule has 0 spiro atoms. The lowest BCUT2D eigenvalue weighted by atomic mass is 10.2. The number of para-hydroxylation sites is 1. The van der Waals surface area contributed by atoms with Gasteiger partial charge in [-0.25, -0.2) is 9.97 Å². The van der Waals surface area contributed by atoms with Gasteiger partial charge < -0.3 is 5.11 Å². The Morgan fingerprint density at radius 1 is 1.25 bits per heavy atom. The molecule has 3 nitrogen and oxygen atoms in total. The molecule has 0 fully saturated rings. The summed E-state index contributed by atoms with van der Waals surface area (Å²) in [5, 5.41) is 11.4. The van der Waals surface area contributed by atoms with Crippen LogP contribution in [0.3, 0.4) is 0 Å². The average Bonchev–Trinajstić information content (AvgIpc) is 2.30. The van der Waals surface area contributed by atoms with E-state index in [1.54, 1.807) is 12.1 Å². The molecule has 2 aromatic rings. The van der Waals surface area contributed by atoms with E-state index < -0.39 is 0 Å². The number of hydrogen-bond donors (Lipinski definition) is 1. The Morgan fingerprint density at radius 3 is 2.75 bits per heavy atom. The maximum atomic E-state index is 9.70. The van der Waals surface area contributed by atoms with E-state index in [9.17, 15) is 5.11 Å². The zero-order valence-electron chi connectivity index (χ0n) is 9.44. The highest BCUT2D eigenvalue weighted by Gasteiger charge is 2.01. The molecule has 0 bridgehead atoms. The van der Waals surface area contributed by atoms with Crippen LogP contribution in [0.2, 0.25) is 0 Å². The van der Waals surface area contributed by atoms with Crippen molar-refractivity contribution in [3.05, 3.63) is 28.9 Å². The van der Waals surface area contributed by atoms with Gasteiger partial charge in [0.2, 0.25) is 0 Å². The van der Waals surface area contributed by atoms with Crippen LogP contribution in [0.5, 0.6) is 5.75 Å². The molecule has 1 aromatic carbocycles. The van der Waals surface area contributed by atoms with E-state index in [2.05, 4.69) is 16.9 Å². The van der Waals surface area contributed by atoms with Crippen molar-refractivity contribution < 1.29 is 5.11 Å². The Kier molecular flexibility index (Phi) is 2.86. The molecule has 0 saturated heterocycles. The van der Waals surface area contributed by atoms with Gasteiger partial charge in [0, 0.05) is 0 Å². The molecule has 1 heterocycles. The van der Waals surface area contributed by atoms with Gasteiger partial charge >= 0.3 is 0 Å². The van der Waals surface area contributed by atoms with Crippen molar-refractivity contribution in [3.8, 4) is 5.75 Å². The highest BCUT2D eigenvalue weighted by Crippen LogP contribution is 2.17. The minimum absolute atomic E-state index is 0.179. The third-order valence-electron chi connectivity index (χ3n) is 2.40. The van der Waals surface area contributed by atoms with Crippen LogP contribution in [-0.4, -0.2) is 15.1 Å². The lowest BCUT2D eigenvalue weighted by molar-refractivity contribution is 0.480. The predicted octanol–water partition coefficient (Wildman–Crippen LogP) is 1.33. The van der Waals surface area contributed by atoms with Crippen LogP contribution in [0.1, 0.15) is 20.3 Å². The molecule has 0 radical (unpaired) electrons. The number of rotatable bonds is 1.